The first-order valence-corrected chi connectivity index (χ1v) is 8.83. The van der Waals surface area contributed by atoms with E-state index in [4.69, 9.17) is 4.74 Å². The van der Waals surface area contributed by atoms with Crippen molar-refractivity contribution in [2.24, 2.45) is 11.8 Å². The minimum atomic E-state index is -3.60. The fraction of sp³-hybridized carbons (Fsp3) is 0.562. The van der Waals surface area contributed by atoms with Gasteiger partial charge in [0.1, 0.15) is 5.25 Å². The first-order valence-electron chi connectivity index (χ1n) is 7.28. The van der Waals surface area contributed by atoms with Crippen molar-refractivity contribution in [1.82, 2.24) is 0 Å². The van der Waals surface area contributed by atoms with Crippen molar-refractivity contribution in [3.05, 3.63) is 30.3 Å². The second-order valence-electron chi connectivity index (χ2n) is 5.89. The molecule has 0 saturated carbocycles. The number of hydrogen-bond acceptors (Lipinski definition) is 4. The molecule has 1 aliphatic rings. The predicted octanol–water partition coefficient (Wildman–Crippen LogP) is 2.48. The topological polar surface area (TPSA) is 63.7 Å². The summed E-state index contributed by atoms with van der Waals surface area (Å²) in [5.41, 5.74) is 0. The zero-order valence-corrected chi connectivity index (χ0v) is 13.5. The molecule has 5 heteroatoms. The summed E-state index contributed by atoms with van der Waals surface area (Å²) in [5, 5.41) is -1.01. The van der Waals surface area contributed by atoms with E-state index in [1.165, 1.54) is 19.1 Å². The molecule has 0 aromatic heterocycles. The van der Waals surface area contributed by atoms with Crippen molar-refractivity contribution in [2.75, 3.05) is 6.61 Å². The Morgan fingerprint density at radius 3 is 2.33 bits per heavy atom. The largest absolute Gasteiger partial charge is 0.373 e. The monoisotopic (exact) mass is 310 g/mol. The van der Waals surface area contributed by atoms with E-state index in [0.29, 0.717) is 6.42 Å². The van der Waals surface area contributed by atoms with Gasteiger partial charge in [0.2, 0.25) is 0 Å². The quantitative estimate of drug-likeness (QED) is 0.726. The summed E-state index contributed by atoms with van der Waals surface area (Å²) in [6.07, 6.45) is 0.902. The van der Waals surface area contributed by atoms with Crippen LogP contribution in [0.2, 0.25) is 0 Å². The molecule has 1 aliphatic heterocycles. The Balaban J connectivity index is 2.07. The van der Waals surface area contributed by atoms with E-state index in [1.54, 1.807) is 25.1 Å². The molecular formula is C16H22O4S. The minimum Gasteiger partial charge on any atom is -0.373 e. The summed E-state index contributed by atoms with van der Waals surface area (Å²) in [6, 6.07) is 8.15. The van der Waals surface area contributed by atoms with Crippen LogP contribution in [0, 0.1) is 11.8 Å². The third-order valence-corrected chi connectivity index (χ3v) is 6.24. The van der Waals surface area contributed by atoms with Crippen molar-refractivity contribution in [2.45, 2.75) is 43.4 Å². The van der Waals surface area contributed by atoms with Gasteiger partial charge in [-0.05, 0) is 31.4 Å². The van der Waals surface area contributed by atoms with Crippen LogP contribution in [-0.2, 0) is 19.4 Å². The minimum absolute atomic E-state index is 0.205. The highest BCUT2D eigenvalue weighted by Crippen LogP contribution is 2.28. The molecule has 4 nitrogen and oxygen atoms in total. The molecule has 0 bridgehead atoms. The van der Waals surface area contributed by atoms with Gasteiger partial charge in [-0.3, -0.25) is 4.79 Å². The van der Waals surface area contributed by atoms with Gasteiger partial charge in [-0.1, -0.05) is 32.0 Å². The molecule has 4 unspecified atom stereocenters. The maximum atomic E-state index is 12.5. The number of sulfone groups is 1. The van der Waals surface area contributed by atoms with E-state index in [1.807, 2.05) is 6.92 Å². The Bertz CT molecular complexity index is 590. The highest BCUT2D eigenvalue weighted by molar-refractivity contribution is 7.92. The lowest BCUT2D eigenvalue weighted by molar-refractivity contribution is -0.122. The van der Waals surface area contributed by atoms with E-state index < -0.39 is 15.1 Å². The maximum absolute atomic E-state index is 12.5. The van der Waals surface area contributed by atoms with E-state index >= 15 is 0 Å². The fourth-order valence-corrected chi connectivity index (χ4v) is 4.06. The van der Waals surface area contributed by atoms with Crippen LogP contribution in [0.25, 0.3) is 0 Å². The molecule has 0 aliphatic carbocycles. The number of ether oxygens (including phenoxy) is 1. The molecule has 1 saturated heterocycles. The molecule has 4 atom stereocenters. The molecule has 1 heterocycles. The zero-order valence-electron chi connectivity index (χ0n) is 12.7. The van der Waals surface area contributed by atoms with Gasteiger partial charge in [-0.2, -0.15) is 0 Å². The molecule has 0 amide bonds. The third kappa shape index (κ3) is 3.71. The van der Waals surface area contributed by atoms with Crippen LogP contribution >= 0.6 is 0 Å². The Hall–Kier alpha value is -1.20. The van der Waals surface area contributed by atoms with Crippen molar-refractivity contribution in [1.29, 1.82) is 0 Å². The smallest absolute Gasteiger partial charge is 0.188 e. The van der Waals surface area contributed by atoms with Crippen molar-refractivity contribution in [3.63, 3.8) is 0 Å². The SMILES string of the molecule is CC(CC(C)C1CO1)C(=O)C(C)S(=O)(=O)c1ccccc1. The Kier molecular flexibility index (Phi) is 4.84. The third-order valence-electron chi connectivity index (χ3n) is 4.14. The van der Waals surface area contributed by atoms with E-state index in [2.05, 4.69) is 0 Å². The first kappa shape index (κ1) is 16.2. The first-order chi connectivity index (χ1) is 9.84. The molecule has 0 N–H and O–H groups in total. The highest BCUT2D eigenvalue weighted by atomic mass is 32.2. The van der Waals surface area contributed by atoms with Crippen LogP contribution in [0.15, 0.2) is 35.2 Å². The normalized spacial score (nSPS) is 22.3. The number of rotatable bonds is 7. The zero-order chi connectivity index (χ0) is 15.6. The van der Waals surface area contributed by atoms with E-state index in [0.717, 1.165) is 6.61 Å². The van der Waals surface area contributed by atoms with E-state index in [9.17, 15) is 13.2 Å². The second kappa shape index (κ2) is 6.28. The number of carbonyl (C=O) groups is 1. The molecule has 1 aromatic rings. The molecule has 0 radical (unpaired) electrons. The van der Waals surface area contributed by atoms with Gasteiger partial charge in [0.25, 0.3) is 0 Å². The molecule has 21 heavy (non-hydrogen) atoms. The summed E-state index contributed by atoms with van der Waals surface area (Å²) in [6.45, 7) is 6.08. The van der Waals surface area contributed by atoms with Gasteiger partial charge in [-0.25, -0.2) is 8.42 Å². The summed E-state index contributed by atoms with van der Waals surface area (Å²) < 4.78 is 30.1. The van der Waals surface area contributed by atoms with Gasteiger partial charge in [0.15, 0.2) is 15.6 Å². The van der Waals surface area contributed by atoms with Crippen molar-refractivity contribution >= 4 is 15.6 Å². The number of hydrogen-bond donors (Lipinski definition) is 0. The highest BCUT2D eigenvalue weighted by Gasteiger charge is 2.36. The molecular weight excluding hydrogens is 288 g/mol. The Morgan fingerprint density at radius 2 is 1.81 bits per heavy atom. The van der Waals surface area contributed by atoms with Gasteiger partial charge in [0, 0.05) is 5.92 Å². The predicted molar refractivity (Wildman–Crippen MR) is 80.8 cm³/mol. The van der Waals surface area contributed by atoms with Crippen LogP contribution in [0.1, 0.15) is 27.2 Å². The lowest BCUT2D eigenvalue weighted by Crippen LogP contribution is -2.32. The van der Waals surface area contributed by atoms with Crippen LogP contribution in [0.5, 0.6) is 0 Å². The Labute approximate surface area is 126 Å². The van der Waals surface area contributed by atoms with Gasteiger partial charge in [0.05, 0.1) is 17.6 Å². The summed E-state index contributed by atoms with van der Waals surface area (Å²) in [4.78, 5) is 12.6. The number of Topliss-reactive ketones (excluding diaryl/α,β-unsaturated/α-hetero) is 1. The average molecular weight is 310 g/mol. The van der Waals surface area contributed by atoms with Gasteiger partial charge in [-0.15, -0.1) is 0 Å². The molecule has 1 aromatic carbocycles. The van der Waals surface area contributed by atoms with Crippen molar-refractivity contribution < 1.29 is 17.9 Å². The number of ketones is 1. The summed E-state index contributed by atoms with van der Waals surface area (Å²) in [7, 11) is -3.60. The average Bonchev–Trinajstić information content (AvgIpc) is 3.31. The van der Waals surface area contributed by atoms with Crippen LogP contribution < -0.4 is 0 Å². The molecule has 0 spiro atoms. The van der Waals surface area contributed by atoms with Gasteiger partial charge >= 0.3 is 0 Å². The summed E-state index contributed by atoms with van der Waals surface area (Å²) >= 11 is 0. The molecule has 116 valence electrons. The summed E-state index contributed by atoms with van der Waals surface area (Å²) in [5.74, 6) is -0.209. The second-order valence-corrected chi connectivity index (χ2v) is 8.16. The van der Waals surface area contributed by atoms with Crippen LogP contribution in [-0.4, -0.2) is 32.2 Å². The van der Waals surface area contributed by atoms with Crippen LogP contribution in [0.3, 0.4) is 0 Å². The maximum Gasteiger partial charge on any atom is 0.188 e. The number of benzene rings is 1. The molecule has 2 rings (SSSR count). The Morgan fingerprint density at radius 1 is 1.24 bits per heavy atom. The van der Waals surface area contributed by atoms with E-state index in [-0.39, 0.29) is 28.6 Å². The van der Waals surface area contributed by atoms with Crippen molar-refractivity contribution in [3.8, 4) is 0 Å². The van der Waals surface area contributed by atoms with Gasteiger partial charge < -0.3 is 4.74 Å². The fourth-order valence-electron chi connectivity index (χ4n) is 2.58. The number of epoxide rings is 1. The molecule has 1 fully saturated rings. The number of carbonyl (C=O) groups excluding carboxylic acids is 1. The van der Waals surface area contributed by atoms with Crippen LogP contribution in [0.4, 0.5) is 0 Å². The standard InChI is InChI=1S/C16H22O4S/c1-11(15-10-20-15)9-12(2)16(17)13(3)21(18,19)14-7-5-4-6-8-14/h4-8,11-13,15H,9-10H2,1-3H3. The lowest BCUT2D eigenvalue weighted by atomic mass is 9.91. The lowest BCUT2D eigenvalue weighted by Gasteiger charge is -2.19.